The summed E-state index contributed by atoms with van der Waals surface area (Å²) in [5.41, 5.74) is 3.38. The van der Waals surface area contributed by atoms with Gasteiger partial charge < -0.3 is 5.32 Å². The Morgan fingerprint density at radius 3 is 2.19 bits per heavy atom. The van der Waals surface area contributed by atoms with Gasteiger partial charge in [-0.05, 0) is 62.4 Å². The summed E-state index contributed by atoms with van der Waals surface area (Å²) in [4.78, 5) is 13.1. The van der Waals surface area contributed by atoms with Crippen LogP contribution >= 0.6 is 11.6 Å². The topological polar surface area (TPSA) is 66.5 Å². The lowest BCUT2D eigenvalue weighted by molar-refractivity contribution is -0.121. The van der Waals surface area contributed by atoms with Gasteiger partial charge in [-0.3, -0.25) is 4.79 Å². The smallest absolute Gasteiger partial charge is 0.244 e. The van der Waals surface area contributed by atoms with Gasteiger partial charge in [-0.15, -0.1) is 0 Å². The van der Waals surface area contributed by atoms with Gasteiger partial charge in [0.15, 0.2) is 0 Å². The molecule has 0 saturated heterocycles. The van der Waals surface area contributed by atoms with E-state index in [0.29, 0.717) is 16.5 Å². The second-order valence-corrected chi connectivity index (χ2v) is 10.7. The molecule has 1 aliphatic rings. The number of aryl methyl sites for hydroxylation is 3. The molecule has 1 aliphatic carbocycles. The Hall–Kier alpha value is -1.89. The van der Waals surface area contributed by atoms with Crippen LogP contribution in [0.5, 0.6) is 0 Å². The molecule has 0 aromatic heterocycles. The van der Waals surface area contributed by atoms with Crippen LogP contribution in [0.4, 0.5) is 0 Å². The molecule has 0 aliphatic heterocycles. The number of hydrogen-bond acceptors (Lipinski definition) is 3. The first-order valence-electron chi connectivity index (χ1n) is 10.8. The Morgan fingerprint density at radius 1 is 1.03 bits per heavy atom. The zero-order valence-electron chi connectivity index (χ0n) is 18.4. The number of halogens is 1. The molecule has 2 aromatic carbocycles. The van der Waals surface area contributed by atoms with E-state index in [4.69, 9.17) is 11.6 Å². The molecule has 0 heterocycles. The van der Waals surface area contributed by atoms with Gasteiger partial charge in [0.2, 0.25) is 15.9 Å². The van der Waals surface area contributed by atoms with Gasteiger partial charge in [0.05, 0.1) is 11.4 Å². The molecule has 0 spiro atoms. The van der Waals surface area contributed by atoms with Crippen molar-refractivity contribution < 1.29 is 13.2 Å². The molecule has 1 N–H and O–H groups in total. The Bertz CT molecular complexity index is 1010. The molecular weight excluding hydrogens is 432 g/mol. The van der Waals surface area contributed by atoms with Gasteiger partial charge in [0.1, 0.15) is 0 Å². The second-order valence-electron chi connectivity index (χ2n) is 8.47. The maximum absolute atomic E-state index is 13.8. The first-order chi connectivity index (χ1) is 14.7. The number of amides is 1. The van der Waals surface area contributed by atoms with E-state index in [9.17, 15) is 13.2 Å². The number of carbonyl (C=O) groups is 1. The predicted molar refractivity (Wildman–Crippen MR) is 125 cm³/mol. The fourth-order valence-corrected chi connectivity index (χ4v) is 6.65. The maximum atomic E-state index is 13.8. The summed E-state index contributed by atoms with van der Waals surface area (Å²) in [7, 11) is -3.81. The molecule has 3 rings (SSSR count). The van der Waals surface area contributed by atoms with Crippen LogP contribution < -0.4 is 5.32 Å². The van der Waals surface area contributed by atoms with Crippen LogP contribution in [-0.2, 0) is 21.4 Å². The first-order valence-corrected chi connectivity index (χ1v) is 12.6. The van der Waals surface area contributed by atoms with E-state index in [0.717, 1.165) is 54.4 Å². The highest BCUT2D eigenvalue weighted by Gasteiger charge is 2.35. The maximum Gasteiger partial charge on any atom is 0.244 e. The molecule has 168 valence electrons. The van der Waals surface area contributed by atoms with Crippen LogP contribution in [0.3, 0.4) is 0 Å². The average molecular weight is 463 g/mol. The third-order valence-electron chi connectivity index (χ3n) is 5.86. The number of sulfonamides is 1. The van der Waals surface area contributed by atoms with Crippen LogP contribution in [0, 0.1) is 20.8 Å². The molecule has 31 heavy (non-hydrogen) atoms. The molecule has 1 saturated carbocycles. The van der Waals surface area contributed by atoms with Crippen molar-refractivity contribution in [3.63, 3.8) is 0 Å². The third-order valence-corrected chi connectivity index (χ3v) is 8.31. The largest absolute Gasteiger partial charge is 0.351 e. The molecular formula is C24H31ClN2O3S. The summed E-state index contributed by atoms with van der Waals surface area (Å²) >= 11 is 5.91. The number of benzene rings is 2. The van der Waals surface area contributed by atoms with Crippen molar-refractivity contribution in [1.82, 2.24) is 9.62 Å². The standard InChI is InChI=1S/C24H31ClN2O3S/c1-17-13-18(2)24(19(3)14-17)31(29,30)27(22-7-5-4-6-8-22)16-23(28)26-15-20-9-11-21(25)12-10-20/h9-14,22H,4-8,15-16H2,1-3H3,(H,26,28). The molecule has 7 heteroatoms. The van der Waals surface area contributed by atoms with Gasteiger partial charge in [-0.25, -0.2) is 8.42 Å². The Balaban J connectivity index is 1.84. The van der Waals surface area contributed by atoms with E-state index >= 15 is 0 Å². The molecule has 1 amide bonds. The molecule has 0 atom stereocenters. The van der Waals surface area contributed by atoms with Gasteiger partial charge in [0, 0.05) is 17.6 Å². The summed E-state index contributed by atoms with van der Waals surface area (Å²) < 4.78 is 29.0. The highest BCUT2D eigenvalue weighted by molar-refractivity contribution is 7.89. The van der Waals surface area contributed by atoms with Crippen molar-refractivity contribution in [2.45, 2.75) is 70.4 Å². The zero-order chi connectivity index (χ0) is 22.6. The number of nitrogens with zero attached hydrogens (tertiary/aromatic N) is 1. The lowest BCUT2D eigenvalue weighted by Gasteiger charge is -2.33. The quantitative estimate of drug-likeness (QED) is 0.636. The molecule has 2 aromatic rings. The summed E-state index contributed by atoms with van der Waals surface area (Å²) in [5.74, 6) is -0.300. The van der Waals surface area contributed by atoms with Crippen LogP contribution in [0.2, 0.25) is 5.02 Å². The summed E-state index contributed by atoms with van der Waals surface area (Å²) in [6.45, 7) is 5.77. The third kappa shape index (κ3) is 5.88. The van der Waals surface area contributed by atoms with Crippen molar-refractivity contribution in [3.05, 3.63) is 63.7 Å². The van der Waals surface area contributed by atoms with Crippen molar-refractivity contribution in [3.8, 4) is 0 Å². The van der Waals surface area contributed by atoms with Gasteiger partial charge in [-0.2, -0.15) is 4.31 Å². The fraction of sp³-hybridized carbons (Fsp3) is 0.458. The van der Waals surface area contributed by atoms with Crippen molar-refractivity contribution >= 4 is 27.5 Å². The van der Waals surface area contributed by atoms with Crippen molar-refractivity contribution in [2.75, 3.05) is 6.54 Å². The average Bonchev–Trinajstić information content (AvgIpc) is 2.71. The van der Waals surface area contributed by atoms with E-state index < -0.39 is 10.0 Å². The van der Waals surface area contributed by atoms with Gasteiger partial charge in [-0.1, -0.05) is 60.7 Å². The van der Waals surface area contributed by atoms with E-state index in [1.54, 1.807) is 12.1 Å². The van der Waals surface area contributed by atoms with Crippen LogP contribution in [0.1, 0.15) is 54.4 Å². The molecule has 0 bridgehead atoms. The Morgan fingerprint density at radius 2 is 1.61 bits per heavy atom. The van der Waals surface area contributed by atoms with Crippen molar-refractivity contribution in [2.24, 2.45) is 0 Å². The predicted octanol–water partition coefficient (Wildman–Crippen LogP) is 4.91. The van der Waals surface area contributed by atoms with E-state index in [1.165, 1.54) is 4.31 Å². The fourth-order valence-electron chi connectivity index (χ4n) is 4.47. The monoisotopic (exact) mass is 462 g/mol. The number of carbonyl (C=O) groups excluding carboxylic acids is 1. The van der Waals surface area contributed by atoms with E-state index in [2.05, 4.69) is 5.32 Å². The van der Waals surface area contributed by atoms with Crippen molar-refractivity contribution in [1.29, 1.82) is 0 Å². The number of hydrogen-bond donors (Lipinski definition) is 1. The van der Waals surface area contributed by atoms with Crippen LogP contribution in [0.25, 0.3) is 0 Å². The summed E-state index contributed by atoms with van der Waals surface area (Å²) in [6, 6.07) is 10.9. The lowest BCUT2D eigenvalue weighted by atomic mass is 9.95. The molecule has 0 unspecified atom stereocenters. The van der Waals surface area contributed by atoms with E-state index in [1.807, 2.05) is 45.0 Å². The number of rotatable bonds is 7. The minimum Gasteiger partial charge on any atom is -0.351 e. The highest BCUT2D eigenvalue weighted by Crippen LogP contribution is 2.31. The second kappa shape index (κ2) is 10.2. The lowest BCUT2D eigenvalue weighted by Crippen LogP contribution is -2.47. The van der Waals surface area contributed by atoms with Gasteiger partial charge in [0.25, 0.3) is 0 Å². The summed E-state index contributed by atoms with van der Waals surface area (Å²) in [6.07, 6.45) is 4.64. The highest BCUT2D eigenvalue weighted by atomic mass is 35.5. The Labute approximate surface area is 190 Å². The van der Waals surface area contributed by atoms with Crippen LogP contribution in [-0.4, -0.2) is 31.2 Å². The first kappa shape index (κ1) is 23.8. The van der Waals surface area contributed by atoms with Crippen LogP contribution in [0.15, 0.2) is 41.3 Å². The zero-order valence-corrected chi connectivity index (χ0v) is 20.0. The molecule has 5 nitrogen and oxygen atoms in total. The number of nitrogens with one attached hydrogen (secondary N) is 1. The summed E-state index contributed by atoms with van der Waals surface area (Å²) in [5, 5.41) is 3.49. The normalized spacial score (nSPS) is 15.3. The van der Waals surface area contributed by atoms with E-state index in [-0.39, 0.29) is 18.5 Å². The molecule has 0 radical (unpaired) electrons. The molecule has 1 fully saturated rings. The van der Waals surface area contributed by atoms with Gasteiger partial charge >= 0.3 is 0 Å². The minimum atomic E-state index is -3.81. The Kier molecular flexibility index (Phi) is 7.78. The SMILES string of the molecule is Cc1cc(C)c(S(=O)(=O)N(CC(=O)NCc2ccc(Cl)cc2)C2CCCCC2)c(C)c1. The minimum absolute atomic E-state index is 0.153.